The number of nitrogens with one attached hydrogen (secondary N) is 2. The fraction of sp³-hybridized carbons (Fsp3) is 0.222. The van der Waals surface area contributed by atoms with Gasteiger partial charge in [-0.1, -0.05) is 12.1 Å². The number of anilines is 1. The molecule has 5 nitrogen and oxygen atoms in total. The molecule has 0 radical (unpaired) electrons. The van der Waals surface area contributed by atoms with Crippen molar-refractivity contribution in [1.82, 2.24) is 15.0 Å². The first-order valence-corrected chi connectivity index (χ1v) is 8.95. The van der Waals surface area contributed by atoms with E-state index in [0.29, 0.717) is 17.2 Å². The van der Waals surface area contributed by atoms with E-state index in [4.69, 9.17) is 5.73 Å². The maximum absolute atomic E-state index is 13.2. The SMILES string of the molecule is Nc1[nH]c2sc3c(c2c(=O)c1-c1nc2ccccc2[nH]1)CCCC3. The molecule has 0 spiro atoms. The molecule has 4 N–H and O–H groups in total. The van der Waals surface area contributed by atoms with Gasteiger partial charge in [0.1, 0.15) is 22.0 Å². The van der Waals surface area contributed by atoms with Crippen LogP contribution in [0.3, 0.4) is 0 Å². The Labute approximate surface area is 141 Å². The first-order valence-electron chi connectivity index (χ1n) is 8.13. The number of aryl methyl sites for hydroxylation is 2. The average Bonchev–Trinajstić information content (AvgIpc) is 3.15. The highest BCUT2D eigenvalue weighted by Crippen LogP contribution is 2.36. The summed E-state index contributed by atoms with van der Waals surface area (Å²) in [6, 6.07) is 7.74. The van der Waals surface area contributed by atoms with E-state index in [0.717, 1.165) is 40.5 Å². The summed E-state index contributed by atoms with van der Waals surface area (Å²) in [5.41, 5.74) is 9.57. The Bertz CT molecular complexity index is 1120. The Balaban J connectivity index is 1.83. The molecule has 0 atom stereocenters. The van der Waals surface area contributed by atoms with Gasteiger partial charge in [0.15, 0.2) is 0 Å². The molecule has 1 aliphatic rings. The number of nitrogens with two attached hydrogens (primary N) is 1. The zero-order valence-corrected chi connectivity index (χ0v) is 13.8. The normalized spacial score (nSPS) is 14.3. The highest BCUT2D eigenvalue weighted by atomic mass is 32.1. The van der Waals surface area contributed by atoms with Crippen LogP contribution in [-0.2, 0) is 12.8 Å². The molecule has 0 fully saturated rings. The molecule has 1 aromatic carbocycles. The molecule has 120 valence electrons. The van der Waals surface area contributed by atoms with Crippen molar-refractivity contribution in [2.75, 3.05) is 5.73 Å². The third-order valence-corrected chi connectivity index (χ3v) is 5.98. The number of benzene rings is 1. The first-order chi connectivity index (χ1) is 11.7. The maximum Gasteiger partial charge on any atom is 0.203 e. The van der Waals surface area contributed by atoms with Gasteiger partial charge in [0.25, 0.3) is 0 Å². The lowest BCUT2D eigenvalue weighted by Crippen LogP contribution is -2.12. The minimum absolute atomic E-state index is 0.0142. The second-order valence-electron chi connectivity index (χ2n) is 6.26. The quantitative estimate of drug-likeness (QED) is 0.496. The fourth-order valence-corrected chi connectivity index (χ4v) is 4.93. The van der Waals surface area contributed by atoms with Gasteiger partial charge in [-0.3, -0.25) is 4.79 Å². The number of imidazole rings is 1. The van der Waals surface area contributed by atoms with Crippen molar-refractivity contribution < 1.29 is 0 Å². The maximum atomic E-state index is 13.2. The van der Waals surface area contributed by atoms with E-state index in [2.05, 4.69) is 15.0 Å². The Hall–Kier alpha value is -2.60. The summed E-state index contributed by atoms with van der Waals surface area (Å²) in [6.45, 7) is 0. The molecule has 24 heavy (non-hydrogen) atoms. The van der Waals surface area contributed by atoms with E-state index < -0.39 is 0 Å². The lowest BCUT2D eigenvalue weighted by molar-refractivity contribution is 0.700. The number of rotatable bonds is 1. The predicted molar refractivity (Wildman–Crippen MR) is 98.6 cm³/mol. The largest absolute Gasteiger partial charge is 0.385 e. The Morgan fingerprint density at radius 1 is 1.12 bits per heavy atom. The molecule has 4 aromatic rings. The number of thiophene rings is 1. The first kappa shape index (κ1) is 13.8. The Morgan fingerprint density at radius 3 is 2.83 bits per heavy atom. The lowest BCUT2D eigenvalue weighted by atomic mass is 9.96. The van der Waals surface area contributed by atoms with Crippen molar-refractivity contribution in [2.45, 2.75) is 25.7 Å². The van der Waals surface area contributed by atoms with Crippen LogP contribution >= 0.6 is 11.3 Å². The molecule has 3 heterocycles. The zero-order chi connectivity index (χ0) is 16.3. The van der Waals surface area contributed by atoms with E-state index in [9.17, 15) is 4.79 Å². The zero-order valence-electron chi connectivity index (χ0n) is 13.0. The third-order valence-electron chi connectivity index (χ3n) is 4.77. The number of hydrogen-bond donors (Lipinski definition) is 3. The van der Waals surface area contributed by atoms with Gasteiger partial charge in [0.2, 0.25) is 5.43 Å². The molecular weight excluding hydrogens is 320 g/mol. The Kier molecular flexibility index (Phi) is 2.84. The van der Waals surface area contributed by atoms with Gasteiger partial charge in [-0.15, -0.1) is 11.3 Å². The van der Waals surface area contributed by atoms with Crippen LogP contribution in [0.1, 0.15) is 23.3 Å². The number of nitrogen functional groups attached to an aromatic ring is 1. The van der Waals surface area contributed by atoms with Gasteiger partial charge >= 0.3 is 0 Å². The fourth-order valence-electron chi connectivity index (χ4n) is 3.63. The van der Waals surface area contributed by atoms with E-state index in [1.807, 2.05) is 24.3 Å². The second kappa shape index (κ2) is 4.95. The van der Waals surface area contributed by atoms with Crippen LogP contribution in [0.2, 0.25) is 0 Å². The molecule has 0 bridgehead atoms. The van der Waals surface area contributed by atoms with E-state index in [-0.39, 0.29) is 5.43 Å². The molecule has 5 rings (SSSR count). The number of fused-ring (bicyclic) bond motifs is 4. The minimum Gasteiger partial charge on any atom is -0.385 e. The number of hydrogen-bond acceptors (Lipinski definition) is 4. The molecular formula is C18H16N4OS. The summed E-state index contributed by atoms with van der Waals surface area (Å²) >= 11 is 1.67. The summed E-state index contributed by atoms with van der Waals surface area (Å²) in [6.07, 6.45) is 4.37. The van der Waals surface area contributed by atoms with Crippen LogP contribution in [0.15, 0.2) is 29.1 Å². The molecule has 0 aliphatic heterocycles. The van der Waals surface area contributed by atoms with Crippen molar-refractivity contribution in [1.29, 1.82) is 0 Å². The molecule has 0 unspecified atom stereocenters. The molecule has 0 saturated heterocycles. The smallest absolute Gasteiger partial charge is 0.203 e. The highest BCUT2D eigenvalue weighted by molar-refractivity contribution is 7.18. The molecule has 3 aromatic heterocycles. The summed E-state index contributed by atoms with van der Waals surface area (Å²) in [7, 11) is 0. The molecule has 1 aliphatic carbocycles. The van der Waals surface area contributed by atoms with E-state index in [1.165, 1.54) is 16.9 Å². The number of aromatic amines is 2. The molecule has 6 heteroatoms. The van der Waals surface area contributed by atoms with E-state index in [1.54, 1.807) is 11.3 Å². The van der Waals surface area contributed by atoms with Crippen LogP contribution in [0, 0.1) is 0 Å². The van der Waals surface area contributed by atoms with Crippen molar-refractivity contribution in [3.05, 3.63) is 44.9 Å². The Morgan fingerprint density at radius 2 is 1.96 bits per heavy atom. The predicted octanol–water partition coefficient (Wildman–Crippen LogP) is 3.59. The van der Waals surface area contributed by atoms with Crippen LogP contribution < -0.4 is 11.2 Å². The number of pyridine rings is 1. The van der Waals surface area contributed by atoms with Crippen molar-refractivity contribution in [3.8, 4) is 11.4 Å². The van der Waals surface area contributed by atoms with E-state index >= 15 is 0 Å². The van der Waals surface area contributed by atoms with Crippen LogP contribution in [0.5, 0.6) is 0 Å². The highest BCUT2D eigenvalue weighted by Gasteiger charge is 2.23. The van der Waals surface area contributed by atoms with Gasteiger partial charge in [-0.25, -0.2) is 4.98 Å². The number of nitrogens with zero attached hydrogens (tertiary/aromatic N) is 1. The van der Waals surface area contributed by atoms with Crippen molar-refractivity contribution >= 4 is 38.4 Å². The average molecular weight is 336 g/mol. The molecule has 0 saturated carbocycles. The summed E-state index contributed by atoms with van der Waals surface area (Å²) in [5.74, 6) is 0.915. The second-order valence-corrected chi connectivity index (χ2v) is 7.37. The van der Waals surface area contributed by atoms with Gasteiger partial charge in [-0.05, 0) is 43.4 Å². The van der Waals surface area contributed by atoms with Crippen LogP contribution in [-0.4, -0.2) is 15.0 Å². The standard InChI is InChI=1S/C18H16N4OS/c19-16-14(17-20-10-6-2-3-7-11(10)21-17)15(23)13-9-5-1-4-8-12(9)24-18(13)22-16/h2-3,6-7H,1,4-5,8H2,(H,20,21)(H3,19,22,23). The molecule has 0 amide bonds. The lowest BCUT2D eigenvalue weighted by Gasteiger charge is -2.10. The number of para-hydroxylation sites is 2. The van der Waals surface area contributed by atoms with Crippen LogP contribution in [0.4, 0.5) is 5.82 Å². The van der Waals surface area contributed by atoms with Crippen molar-refractivity contribution in [3.63, 3.8) is 0 Å². The van der Waals surface area contributed by atoms with Gasteiger partial charge in [0.05, 0.1) is 16.4 Å². The van der Waals surface area contributed by atoms with Gasteiger partial charge in [0, 0.05) is 4.88 Å². The number of aromatic nitrogens is 3. The van der Waals surface area contributed by atoms with Gasteiger partial charge < -0.3 is 15.7 Å². The minimum atomic E-state index is -0.0142. The van der Waals surface area contributed by atoms with Gasteiger partial charge in [-0.2, -0.15) is 0 Å². The van der Waals surface area contributed by atoms with Crippen molar-refractivity contribution in [2.24, 2.45) is 0 Å². The topological polar surface area (TPSA) is 87.6 Å². The summed E-state index contributed by atoms with van der Waals surface area (Å²) < 4.78 is 0. The van der Waals surface area contributed by atoms with Crippen LogP contribution in [0.25, 0.3) is 32.6 Å². The monoisotopic (exact) mass is 336 g/mol. The summed E-state index contributed by atoms with van der Waals surface area (Å²) in [4.78, 5) is 26.4. The third kappa shape index (κ3) is 1.86. The summed E-state index contributed by atoms with van der Waals surface area (Å²) in [5, 5.41) is 0.805. The number of H-pyrrole nitrogens is 2.